The van der Waals surface area contributed by atoms with Gasteiger partial charge in [-0.1, -0.05) is 0 Å². The molecule has 0 heterocycles. The fraction of sp³-hybridized carbons (Fsp3) is 0.714. The molecule has 0 aliphatic carbocycles. The molecule has 0 spiro atoms. The van der Waals surface area contributed by atoms with Gasteiger partial charge in [-0.15, -0.1) is 0 Å². The Labute approximate surface area is 87.4 Å². The Balaban J connectivity index is 3.93. The number of carboxylic acid groups (broad SMARTS) is 1. The van der Waals surface area contributed by atoms with Crippen molar-refractivity contribution in [2.45, 2.75) is 31.7 Å². The summed E-state index contributed by atoms with van der Waals surface area (Å²) < 4.78 is 0. The van der Waals surface area contributed by atoms with E-state index >= 15 is 0 Å². The Morgan fingerprint density at radius 2 is 2.00 bits per heavy atom. The number of nitrogens with two attached hydrogens (primary N) is 1. The van der Waals surface area contributed by atoms with Gasteiger partial charge in [0.25, 0.3) is 0 Å². The molecule has 86 valence electrons. The number of carbonyl (C=O) groups excluding carboxylic acids is 1. The number of carbonyl (C=O) groups is 2. The molecule has 0 saturated carbocycles. The van der Waals surface area contributed by atoms with Crippen molar-refractivity contribution in [1.29, 1.82) is 0 Å². The monoisotopic (exact) mass is 218 g/mol. The second-order valence-electron chi connectivity index (χ2n) is 3.25. The molecular formula is C7H15BN2O5. The van der Waals surface area contributed by atoms with Crippen LogP contribution in [0.5, 0.6) is 0 Å². The highest BCUT2D eigenvalue weighted by atomic mass is 16.4. The zero-order valence-electron chi connectivity index (χ0n) is 8.38. The lowest BCUT2D eigenvalue weighted by atomic mass is 9.81. The highest BCUT2D eigenvalue weighted by Crippen LogP contribution is 1.95. The smallest absolute Gasteiger partial charge is 0.475 e. The highest BCUT2D eigenvalue weighted by Gasteiger charge is 2.23. The normalized spacial score (nSPS) is 14.1. The molecule has 0 aliphatic heterocycles. The number of hydrogen-bond donors (Lipinski definition) is 5. The third-order valence-corrected chi connectivity index (χ3v) is 1.82. The summed E-state index contributed by atoms with van der Waals surface area (Å²) in [7, 11) is -1.67. The van der Waals surface area contributed by atoms with Gasteiger partial charge >= 0.3 is 13.1 Å². The minimum Gasteiger partial charge on any atom is -0.481 e. The molecule has 0 bridgehead atoms. The summed E-state index contributed by atoms with van der Waals surface area (Å²) in [5, 5.41) is 27.9. The lowest BCUT2D eigenvalue weighted by Gasteiger charge is -2.16. The van der Waals surface area contributed by atoms with E-state index in [1.165, 1.54) is 6.92 Å². The predicted molar refractivity (Wildman–Crippen MR) is 52.6 cm³/mol. The van der Waals surface area contributed by atoms with Gasteiger partial charge in [-0.05, 0) is 13.3 Å². The first kappa shape index (κ1) is 13.9. The van der Waals surface area contributed by atoms with E-state index in [1.807, 2.05) is 0 Å². The predicted octanol–water partition coefficient (Wildman–Crippen LogP) is -2.30. The molecule has 0 aromatic carbocycles. The van der Waals surface area contributed by atoms with E-state index < -0.39 is 31.0 Å². The summed E-state index contributed by atoms with van der Waals surface area (Å²) in [6, 6.07) is -0.956. The van der Waals surface area contributed by atoms with Crippen molar-refractivity contribution >= 4 is 19.0 Å². The maximum absolute atomic E-state index is 11.2. The number of rotatable bonds is 6. The standard InChI is InChI=1S/C7H15BN2O5/c1-4(8(14)15)10-7(13)5(9)2-3-6(11)12/h4-5,14-15H,2-3,9H2,1H3,(H,10,13)(H,11,12)/t4-,5?/m0/s1. The van der Waals surface area contributed by atoms with Crippen LogP contribution in [-0.2, 0) is 9.59 Å². The van der Waals surface area contributed by atoms with Crippen molar-refractivity contribution in [3.05, 3.63) is 0 Å². The molecule has 2 atom stereocenters. The van der Waals surface area contributed by atoms with Gasteiger partial charge in [0, 0.05) is 6.42 Å². The summed E-state index contributed by atoms with van der Waals surface area (Å²) in [6.45, 7) is 1.40. The van der Waals surface area contributed by atoms with Crippen LogP contribution < -0.4 is 11.1 Å². The van der Waals surface area contributed by atoms with Gasteiger partial charge in [0.2, 0.25) is 5.91 Å². The van der Waals surface area contributed by atoms with E-state index in [0.29, 0.717) is 0 Å². The van der Waals surface area contributed by atoms with Gasteiger partial charge < -0.3 is 26.2 Å². The van der Waals surface area contributed by atoms with E-state index in [0.717, 1.165) is 0 Å². The number of aliphatic carboxylic acids is 1. The Bertz CT molecular complexity index is 235. The molecule has 0 radical (unpaired) electrons. The van der Waals surface area contributed by atoms with Crippen molar-refractivity contribution in [1.82, 2.24) is 5.32 Å². The van der Waals surface area contributed by atoms with Crippen molar-refractivity contribution in [3.8, 4) is 0 Å². The van der Waals surface area contributed by atoms with E-state index in [4.69, 9.17) is 20.9 Å². The lowest BCUT2D eigenvalue weighted by Crippen LogP contribution is -2.50. The molecule has 6 N–H and O–H groups in total. The Morgan fingerprint density at radius 3 is 2.40 bits per heavy atom. The van der Waals surface area contributed by atoms with Gasteiger partial charge in [-0.25, -0.2) is 0 Å². The molecule has 0 aromatic heterocycles. The highest BCUT2D eigenvalue weighted by molar-refractivity contribution is 6.43. The van der Waals surface area contributed by atoms with Crippen LogP contribution in [0.25, 0.3) is 0 Å². The quantitative estimate of drug-likeness (QED) is 0.318. The fourth-order valence-electron chi connectivity index (χ4n) is 0.816. The first-order valence-electron chi connectivity index (χ1n) is 4.48. The van der Waals surface area contributed by atoms with Crippen LogP contribution in [0.1, 0.15) is 19.8 Å². The zero-order chi connectivity index (χ0) is 12.0. The molecular weight excluding hydrogens is 203 g/mol. The van der Waals surface area contributed by atoms with Crippen LogP contribution in [0.15, 0.2) is 0 Å². The fourth-order valence-corrected chi connectivity index (χ4v) is 0.816. The summed E-state index contributed by atoms with van der Waals surface area (Å²) in [6.07, 6.45) is -0.194. The zero-order valence-corrected chi connectivity index (χ0v) is 8.38. The number of amides is 1. The van der Waals surface area contributed by atoms with Crippen LogP contribution in [0, 0.1) is 0 Å². The summed E-state index contributed by atoms with van der Waals surface area (Å²) in [5.41, 5.74) is 5.38. The van der Waals surface area contributed by atoms with E-state index in [2.05, 4.69) is 5.32 Å². The Hall–Kier alpha value is -1.12. The topological polar surface area (TPSA) is 133 Å². The first-order chi connectivity index (χ1) is 6.84. The minimum absolute atomic E-state index is 0.00934. The molecule has 0 aromatic rings. The second-order valence-corrected chi connectivity index (χ2v) is 3.25. The van der Waals surface area contributed by atoms with Gasteiger partial charge in [0.1, 0.15) is 0 Å². The number of nitrogens with one attached hydrogen (secondary N) is 1. The lowest BCUT2D eigenvalue weighted by molar-refractivity contribution is -0.137. The molecule has 0 saturated heterocycles. The average Bonchev–Trinajstić information content (AvgIpc) is 2.13. The van der Waals surface area contributed by atoms with Gasteiger partial charge in [0.15, 0.2) is 0 Å². The van der Waals surface area contributed by atoms with Crippen LogP contribution in [0.3, 0.4) is 0 Å². The van der Waals surface area contributed by atoms with Crippen molar-refractivity contribution < 1.29 is 24.7 Å². The maximum atomic E-state index is 11.2. The molecule has 7 nitrogen and oxygen atoms in total. The molecule has 0 rings (SSSR count). The summed E-state index contributed by atoms with van der Waals surface area (Å²) in [4.78, 5) is 21.4. The number of carboxylic acids is 1. The maximum Gasteiger partial charge on any atom is 0.475 e. The molecule has 1 amide bonds. The van der Waals surface area contributed by atoms with Gasteiger partial charge in [-0.2, -0.15) is 0 Å². The van der Waals surface area contributed by atoms with Crippen LogP contribution in [0.2, 0.25) is 0 Å². The first-order valence-corrected chi connectivity index (χ1v) is 4.48. The Morgan fingerprint density at radius 1 is 1.47 bits per heavy atom. The SMILES string of the molecule is C[C@H](NC(=O)C(N)CCC(=O)O)B(O)O. The molecule has 1 unspecified atom stereocenters. The molecule has 8 heteroatoms. The van der Waals surface area contributed by atoms with Crippen molar-refractivity contribution in [3.63, 3.8) is 0 Å². The minimum atomic E-state index is -1.67. The van der Waals surface area contributed by atoms with Gasteiger partial charge in [-0.3, -0.25) is 9.59 Å². The average molecular weight is 218 g/mol. The van der Waals surface area contributed by atoms with E-state index in [1.54, 1.807) is 0 Å². The number of hydrogen-bond acceptors (Lipinski definition) is 5. The summed E-state index contributed by atoms with van der Waals surface area (Å²) >= 11 is 0. The largest absolute Gasteiger partial charge is 0.481 e. The third kappa shape index (κ3) is 6.05. The van der Waals surface area contributed by atoms with Gasteiger partial charge in [0.05, 0.1) is 12.0 Å². The third-order valence-electron chi connectivity index (χ3n) is 1.82. The summed E-state index contributed by atoms with van der Waals surface area (Å²) in [5.74, 6) is -2.47. The van der Waals surface area contributed by atoms with E-state index in [-0.39, 0.29) is 12.8 Å². The van der Waals surface area contributed by atoms with Crippen LogP contribution in [-0.4, -0.2) is 46.1 Å². The molecule has 0 aliphatic rings. The van der Waals surface area contributed by atoms with Crippen LogP contribution >= 0.6 is 0 Å². The van der Waals surface area contributed by atoms with Crippen molar-refractivity contribution in [2.75, 3.05) is 0 Å². The Kier molecular flexibility index (Phi) is 5.91. The second kappa shape index (κ2) is 6.38. The van der Waals surface area contributed by atoms with Crippen molar-refractivity contribution in [2.24, 2.45) is 5.73 Å². The van der Waals surface area contributed by atoms with Crippen LogP contribution in [0.4, 0.5) is 0 Å². The molecule has 15 heavy (non-hydrogen) atoms. The van der Waals surface area contributed by atoms with E-state index in [9.17, 15) is 9.59 Å². The molecule has 0 fully saturated rings.